The van der Waals surface area contributed by atoms with Crippen LogP contribution in [-0.2, 0) is 21.1 Å². The first-order chi connectivity index (χ1) is 27.6. The third kappa shape index (κ3) is 19.4. The van der Waals surface area contributed by atoms with Crippen LogP contribution in [0.2, 0.25) is 78.6 Å². The van der Waals surface area contributed by atoms with Gasteiger partial charge in [0.05, 0.1) is 0 Å². The molecule has 0 aromatic heterocycles. The Hall–Kier alpha value is 3.40. The van der Waals surface area contributed by atoms with Crippen LogP contribution >= 0.6 is 0 Å². The summed E-state index contributed by atoms with van der Waals surface area (Å²) >= 11 is 0. The van der Waals surface area contributed by atoms with E-state index in [1.54, 1.807) is 65.3 Å². The first kappa shape index (κ1) is 79.3. The van der Waals surface area contributed by atoms with Crippen molar-refractivity contribution in [1.29, 1.82) is 0 Å². The molecule has 0 heterocycles. The van der Waals surface area contributed by atoms with Crippen LogP contribution < -0.4 is 20.7 Å². The van der Waals surface area contributed by atoms with E-state index in [2.05, 4.69) is 224 Å². The number of hydrogen-bond acceptors (Lipinski definition) is 0. The predicted octanol–water partition coefficient (Wildman–Crippen LogP) is 16.7. The van der Waals surface area contributed by atoms with Gasteiger partial charge in [-0.05, 0) is 0 Å². The summed E-state index contributed by atoms with van der Waals surface area (Å²) in [4.78, 5) is 0. The monoisotopic (exact) mass is 1670 g/mol. The summed E-state index contributed by atoms with van der Waals surface area (Å²) in [5.74, 6) is 0. The topological polar surface area (TPSA) is 0 Å². The van der Waals surface area contributed by atoms with Crippen molar-refractivity contribution in [2.75, 3.05) is 0 Å². The maximum Gasteiger partial charge on any atom is 3.00 e. The Morgan fingerprint density at radius 2 is 0.313 bits per heavy atom. The molecule has 0 nitrogen and oxygen atoms in total. The Bertz CT molecular complexity index is 1930. The first-order valence-corrected chi connectivity index (χ1v) is 37.8. The maximum atomic E-state index is 2.43. The van der Waals surface area contributed by atoms with Gasteiger partial charge in [-0.3, -0.25) is 0 Å². The van der Waals surface area contributed by atoms with Crippen LogP contribution in [0.4, 0.5) is 0 Å². The third-order valence-electron chi connectivity index (χ3n) is 15.6. The van der Waals surface area contributed by atoms with Crippen molar-refractivity contribution in [2.45, 2.75) is 224 Å². The van der Waals surface area contributed by atoms with Gasteiger partial charge in [-0.2, -0.15) is 138 Å². The van der Waals surface area contributed by atoms with Gasteiger partial charge < -0.3 is 12.8 Å². The number of hydrogen-bond donors (Lipinski definition) is 0. The van der Waals surface area contributed by atoms with E-state index in [0.717, 1.165) is 0 Å². The molecule has 0 saturated heterocycles. The molecule has 0 atom stereocenters. The molecular weight excluding hydrogens is 1550 g/mol. The van der Waals surface area contributed by atoms with Gasteiger partial charge in [0, 0.05) is 32.3 Å². The van der Waals surface area contributed by atoms with E-state index in [-0.39, 0.29) is 187 Å². The molecule has 5 aromatic carbocycles. The summed E-state index contributed by atoms with van der Waals surface area (Å²) in [6.07, 6.45) is 0. The quantitative estimate of drug-likeness (QED) is 0.124. The molecule has 0 N–H and O–H groups in total. The molecule has 0 aliphatic carbocycles. The second kappa shape index (κ2) is 31.0. The molecule has 0 unspecified atom stereocenters. The zero-order valence-electron chi connectivity index (χ0n) is 58.2. The molecule has 0 fully saturated rings. The van der Waals surface area contributed by atoms with Crippen LogP contribution in [0.1, 0.15) is 130 Å². The fourth-order valence-electron chi connectivity index (χ4n) is 10.8. The van der Waals surface area contributed by atoms with Crippen LogP contribution in [0, 0.1) is 298 Å². The summed E-state index contributed by atoms with van der Waals surface area (Å²) in [5, 5.41) is 6.73. The van der Waals surface area contributed by atoms with Crippen molar-refractivity contribution >= 4 is 53.0 Å². The van der Waals surface area contributed by atoms with E-state index in [9.17, 15) is 0 Å². The van der Waals surface area contributed by atoms with Crippen molar-refractivity contribution < 1.29 is 187 Å². The molecule has 9 heteroatoms. The SMILES string of the molecule is Cc1c(C)c(C)[c-](C)c1C.Cc1c(C)c(C)[c-]([Si](C)(C)C)c1C.Cc1c(C)c(C)[c-]([Si](C)(C)C)c1C.Cc1c(C)c(C)[c-]([Si](C)(C)C)c1C.Cc1c(C)c(C)[c-]([Si](C)(C)C)c1C.[Dy+3].[Dy+3].[Dy+3].[Dy+3].[H-].[H-].[H-].[H-].[H-].[H-].[H-].[H-].[H-].[Mo+2]. The van der Waals surface area contributed by atoms with Crippen LogP contribution in [0.25, 0.3) is 0 Å². The first-order valence-electron chi connectivity index (χ1n) is 23.8. The van der Waals surface area contributed by atoms with E-state index >= 15 is 0 Å². The Morgan fingerprint density at radius 3 is 0.358 bits per heavy atom. The zero-order valence-corrected chi connectivity index (χ0v) is 63.3. The molecule has 0 saturated carbocycles. The third-order valence-corrected chi connectivity index (χ3v) is 24.6. The molecule has 0 aliphatic heterocycles. The standard InChI is InChI=1S/4C12H21Si.C10H15.4Dy.Mo.9H/c4*1-8-9(2)11(4)12(10(8)3)13(5,6)7;1-6-7(2)9(4)10(5)8(6)3;;;;;;;;;;;;;;/h4*1-7H3;1-5H3;;;;;;;;;;;;;;/q5*-1;4*+3;+2;9*-1. The van der Waals surface area contributed by atoms with E-state index < -0.39 is 32.3 Å². The van der Waals surface area contributed by atoms with Crippen molar-refractivity contribution in [3.63, 3.8) is 0 Å². The van der Waals surface area contributed by atoms with Gasteiger partial charge in [0.25, 0.3) is 0 Å². The average molecular weight is 1660 g/mol. The van der Waals surface area contributed by atoms with Crippen molar-refractivity contribution in [3.8, 4) is 0 Å². The normalized spacial score (nSPS) is 11.1. The van der Waals surface area contributed by atoms with Crippen LogP contribution in [-0.4, -0.2) is 32.3 Å². The Kier molecular flexibility index (Phi) is 36.6. The van der Waals surface area contributed by atoms with E-state index in [4.69, 9.17) is 0 Å². The molecule has 0 bridgehead atoms. The molecule has 5 rings (SSSR count). The van der Waals surface area contributed by atoms with Crippen LogP contribution in [0.5, 0.6) is 0 Å². The van der Waals surface area contributed by atoms with E-state index in [1.165, 1.54) is 72.3 Å². The zero-order chi connectivity index (χ0) is 49.4. The van der Waals surface area contributed by atoms with Crippen molar-refractivity contribution in [3.05, 3.63) is 117 Å². The number of rotatable bonds is 4. The largest absolute Gasteiger partial charge is 3.00 e. The molecule has 4 radical (unpaired) electrons. The second-order valence-corrected chi connectivity index (χ2v) is 43.6. The summed E-state index contributed by atoms with van der Waals surface area (Å²) in [6.45, 7) is 76.4. The summed E-state index contributed by atoms with van der Waals surface area (Å²) < 4.78 is 0. The Balaban J connectivity index is -0.0000000505. The minimum absolute atomic E-state index is 0. The van der Waals surface area contributed by atoms with E-state index in [0.29, 0.717) is 0 Å². The van der Waals surface area contributed by atoms with Gasteiger partial charge in [-0.15, -0.1) is 0 Å². The Morgan fingerprint density at radius 1 is 0.224 bits per heavy atom. The fraction of sp³-hybridized carbons (Fsp3) is 0.569. The molecule has 0 spiro atoms. The van der Waals surface area contributed by atoms with Gasteiger partial charge >= 0.3 is 174 Å². The Labute approximate surface area is 571 Å². The predicted molar refractivity (Wildman–Crippen MR) is 312 cm³/mol. The molecule has 0 aliphatic rings. The molecule has 402 valence electrons. The molecule has 67 heavy (non-hydrogen) atoms. The molecular formula is C58H108Dy4MoSi4. The van der Waals surface area contributed by atoms with Gasteiger partial charge in [-0.1, -0.05) is 224 Å². The van der Waals surface area contributed by atoms with Gasteiger partial charge in [0.2, 0.25) is 0 Å². The molecule has 5 aromatic rings. The average Bonchev–Trinajstić information content (AvgIpc) is 3.69. The smallest absolute Gasteiger partial charge is 1.00 e. The van der Waals surface area contributed by atoms with Gasteiger partial charge in [0.1, 0.15) is 0 Å². The van der Waals surface area contributed by atoms with Crippen molar-refractivity contribution in [1.82, 2.24) is 0 Å². The summed E-state index contributed by atoms with van der Waals surface area (Å²) in [6, 6.07) is 0. The molecule has 0 amide bonds. The van der Waals surface area contributed by atoms with E-state index in [1.807, 2.05) is 0 Å². The van der Waals surface area contributed by atoms with Gasteiger partial charge in [0.15, 0.2) is 0 Å². The van der Waals surface area contributed by atoms with Crippen LogP contribution in [0.15, 0.2) is 0 Å². The summed E-state index contributed by atoms with van der Waals surface area (Å²) in [7, 11) is -4.53. The van der Waals surface area contributed by atoms with Crippen LogP contribution in [0.3, 0.4) is 0 Å². The fourth-order valence-corrected chi connectivity index (χ4v) is 21.3. The van der Waals surface area contributed by atoms with Gasteiger partial charge in [-0.25, -0.2) is 0 Å². The maximum absolute atomic E-state index is 2.43. The summed E-state index contributed by atoms with van der Waals surface area (Å²) in [5.41, 5.74) is 31.8. The minimum atomic E-state index is -1.13. The second-order valence-electron chi connectivity index (χ2n) is 23.6. The van der Waals surface area contributed by atoms with Crippen molar-refractivity contribution in [2.24, 2.45) is 0 Å². The minimum Gasteiger partial charge on any atom is -1.00 e.